The molecule has 2 aromatic rings. The summed E-state index contributed by atoms with van der Waals surface area (Å²) in [6, 6.07) is 12.0. The van der Waals surface area contributed by atoms with Crippen LogP contribution in [0.2, 0.25) is 0 Å². The van der Waals surface area contributed by atoms with E-state index in [0.29, 0.717) is 36.9 Å². The average molecular weight is 422 g/mol. The van der Waals surface area contributed by atoms with Crippen LogP contribution in [0.5, 0.6) is 5.75 Å². The Morgan fingerprint density at radius 3 is 2.45 bits per heavy atom. The summed E-state index contributed by atoms with van der Waals surface area (Å²) in [5, 5.41) is 5.52. The zero-order chi connectivity index (χ0) is 21.3. The number of hydrogen-bond donors (Lipinski definition) is 3. The molecular formula is C20H27N3O5S. The van der Waals surface area contributed by atoms with Crippen LogP contribution in [0.1, 0.15) is 25.0 Å². The van der Waals surface area contributed by atoms with E-state index in [2.05, 4.69) is 15.4 Å². The quantitative estimate of drug-likeness (QED) is 0.546. The van der Waals surface area contributed by atoms with Crippen LogP contribution in [0.3, 0.4) is 0 Å². The molecular weight excluding hydrogens is 394 g/mol. The summed E-state index contributed by atoms with van der Waals surface area (Å²) in [7, 11) is -2.00. The molecule has 0 spiro atoms. The molecule has 0 radical (unpaired) electrons. The van der Waals surface area contributed by atoms with Gasteiger partial charge in [0.25, 0.3) is 0 Å². The zero-order valence-electron chi connectivity index (χ0n) is 16.8. The molecule has 0 fully saturated rings. The fraction of sp³-hybridized carbons (Fsp3) is 0.350. The van der Waals surface area contributed by atoms with Crippen LogP contribution in [0, 0.1) is 0 Å². The molecule has 0 atom stereocenters. The van der Waals surface area contributed by atoms with Gasteiger partial charge in [0.2, 0.25) is 10.0 Å². The van der Waals surface area contributed by atoms with Crippen molar-refractivity contribution in [3.8, 4) is 5.75 Å². The first-order valence-electron chi connectivity index (χ1n) is 9.26. The monoisotopic (exact) mass is 421 g/mol. The molecule has 2 aromatic carbocycles. The molecule has 0 saturated carbocycles. The summed E-state index contributed by atoms with van der Waals surface area (Å²) in [5.74, 6) is 0.255. The van der Waals surface area contributed by atoms with E-state index in [-0.39, 0.29) is 11.8 Å². The van der Waals surface area contributed by atoms with Gasteiger partial charge in [-0.1, -0.05) is 24.3 Å². The molecule has 3 N–H and O–H groups in total. The van der Waals surface area contributed by atoms with Gasteiger partial charge < -0.3 is 20.1 Å². The summed E-state index contributed by atoms with van der Waals surface area (Å²) in [5.41, 5.74) is 2.77. The predicted octanol–water partition coefficient (Wildman–Crippen LogP) is 3.32. The van der Waals surface area contributed by atoms with Gasteiger partial charge >= 0.3 is 6.03 Å². The highest BCUT2D eigenvalue weighted by molar-refractivity contribution is 7.92. The molecule has 158 valence electrons. The van der Waals surface area contributed by atoms with Gasteiger partial charge in [0.1, 0.15) is 5.75 Å². The molecule has 8 nitrogen and oxygen atoms in total. The number of sulfonamides is 1. The third-order valence-electron chi connectivity index (χ3n) is 4.12. The molecule has 0 bridgehead atoms. The van der Waals surface area contributed by atoms with Gasteiger partial charge in [0.05, 0.1) is 25.2 Å². The van der Waals surface area contributed by atoms with E-state index in [9.17, 15) is 13.2 Å². The summed E-state index contributed by atoms with van der Waals surface area (Å²) >= 11 is 0. The van der Waals surface area contributed by atoms with Gasteiger partial charge in [0.15, 0.2) is 0 Å². The SMILES string of the molecule is CCOCc1ccccc1CNC(=O)Nc1ccc(NS(=O)(=O)CC)c(OC)c1. The maximum Gasteiger partial charge on any atom is 0.319 e. The first kappa shape index (κ1) is 22.5. The lowest BCUT2D eigenvalue weighted by Crippen LogP contribution is -2.28. The van der Waals surface area contributed by atoms with Gasteiger partial charge in [-0.05, 0) is 37.1 Å². The van der Waals surface area contributed by atoms with E-state index < -0.39 is 10.0 Å². The van der Waals surface area contributed by atoms with E-state index in [0.717, 1.165) is 11.1 Å². The molecule has 0 saturated heterocycles. The van der Waals surface area contributed by atoms with Crippen LogP contribution in [-0.4, -0.2) is 33.9 Å². The largest absolute Gasteiger partial charge is 0.494 e. The zero-order valence-corrected chi connectivity index (χ0v) is 17.6. The summed E-state index contributed by atoms with van der Waals surface area (Å²) in [6.07, 6.45) is 0. The van der Waals surface area contributed by atoms with E-state index in [1.165, 1.54) is 7.11 Å². The van der Waals surface area contributed by atoms with Crippen molar-refractivity contribution in [1.29, 1.82) is 0 Å². The van der Waals surface area contributed by atoms with Gasteiger partial charge in [-0.25, -0.2) is 13.2 Å². The molecule has 0 heterocycles. The third-order valence-corrected chi connectivity index (χ3v) is 5.42. The Labute approximate surface area is 171 Å². The molecule has 0 aliphatic heterocycles. The van der Waals surface area contributed by atoms with Crippen LogP contribution in [-0.2, 0) is 27.9 Å². The molecule has 9 heteroatoms. The lowest BCUT2D eigenvalue weighted by atomic mass is 10.1. The maximum atomic E-state index is 12.3. The Kier molecular flexibility index (Phi) is 8.29. The Hall–Kier alpha value is -2.78. The molecule has 2 rings (SSSR count). The van der Waals surface area contributed by atoms with Crippen molar-refractivity contribution in [3.63, 3.8) is 0 Å². The fourth-order valence-electron chi connectivity index (χ4n) is 2.53. The normalized spacial score (nSPS) is 11.0. The van der Waals surface area contributed by atoms with E-state index in [4.69, 9.17) is 9.47 Å². The molecule has 0 aliphatic carbocycles. The maximum absolute atomic E-state index is 12.3. The van der Waals surface area contributed by atoms with E-state index in [1.807, 2.05) is 31.2 Å². The smallest absolute Gasteiger partial charge is 0.319 e. The van der Waals surface area contributed by atoms with Crippen LogP contribution >= 0.6 is 0 Å². The Bertz CT molecular complexity index is 931. The lowest BCUT2D eigenvalue weighted by Gasteiger charge is -2.14. The van der Waals surface area contributed by atoms with E-state index in [1.54, 1.807) is 25.1 Å². The Balaban J connectivity index is 2.01. The number of nitrogens with one attached hydrogen (secondary N) is 3. The van der Waals surface area contributed by atoms with Gasteiger partial charge in [0, 0.05) is 24.9 Å². The number of amides is 2. The predicted molar refractivity (Wildman–Crippen MR) is 114 cm³/mol. The van der Waals surface area contributed by atoms with Crippen LogP contribution < -0.4 is 20.1 Å². The van der Waals surface area contributed by atoms with Crippen molar-refractivity contribution in [1.82, 2.24) is 5.32 Å². The Morgan fingerprint density at radius 2 is 1.79 bits per heavy atom. The molecule has 29 heavy (non-hydrogen) atoms. The van der Waals surface area contributed by atoms with E-state index >= 15 is 0 Å². The average Bonchev–Trinajstić information content (AvgIpc) is 2.72. The lowest BCUT2D eigenvalue weighted by molar-refractivity contribution is 0.133. The topological polar surface area (TPSA) is 106 Å². The van der Waals surface area contributed by atoms with Crippen LogP contribution in [0.25, 0.3) is 0 Å². The highest BCUT2D eigenvalue weighted by Crippen LogP contribution is 2.28. The highest BCUT2D eigenvalue weighted by Gasteiger charge is 2.13. The minimum atomic E-state index is -3.43. The van der Waals surface area contributed by atoms with Gasteiger partial charge in [-0.3, -0.25) is 4.72 Å². The molecule has 0 aliphatic rings. The third kappa shape index (κ3) is 6.95. The van der Waals surface area contributed by atoms with Crippen LogP contribution in [0.4, 0.5) is 16.2 Å². The number of urea groups is 1. The van der Waals surface area contributed by atoms with Crippen LogP contribution in [0.15, 0.2) is 42.5 Å². The number of hydrogen-bond acceptors (Lipinski definition) is 5. The van der Waals surface area contributed by atoms with Crippen molar-refractivity contribution in [2.24, 2.45) is 0 Å². The van der Waals surface area contributed by atoms with Crippen molar-refractivity contribution in [2.45, 2.75) is 27.0 Å². The Morgan fingerprint density at radius 1 is 1.07 bits per heavy atom. The second-order valence-corrected chi connectivity index (χ2v) is 8.15. The molecule has 0 unspecified atom stereocenters. The number of methoxy groups -OCH3 is 1. The number of carbonyl (C=O) groups is 1. The second kappa shape index (κ2) is 10.7. The standard InChI is InChI=1S/C20H27N3O5S/c1-4-28-14-16-9-7-6-8-15(16)13-21-20(24)22-17-10-11-18(19(12-17)27-3)23-29(25,26)5-2/h6-12,23H,4-5,13-14H2,1-3H3,(H2,21,22,24). The number of benzene rings is 2. The highest BCUT2D eigenvalue weighted by atomic mass is 32.2. The number of anilines is 2. The number of ether oxygens (including phenoxy) is 2. The summed E-state index contributed by atoms with van der Waals surface area (Å²) in [4.78, 5) is 12.3. The number of carbonyl (C=O) groups excluding carboxylic acids is 1. The van der Waals surface area contributed by atoms with Crippen molar-refractivity contribution in [2.75, 3.05) is 29.5 Å². The molecule has 2 amide bonds. The second-order valence-electron chi connectivity index (χ2n) is 6.13. The first-order chi connectivity index (χ1) is 13.9. The summed E-state index contributed by atoms with van der Waals surface area (Å²) in [6.45, 7) is 4.93. The minimum absolute atomic E-state index is 0.0523. The minimum Gasteiger partial charge on any atom is -0.494 e. The van der Waals surface area contributed by atoms with Gasteiger partial charge in [-0.15, -0.1) is 0 Å². The van der Waals surface area contributed by atoms with Crippen molar-refractivity contribution >= 4 is 27.4 Å². The first-order valence-corrected chi connectivity index (χ1v) is 10.9. The summed E-state index contributed by atoms with van der Waals surface area (Å²) < 4.78 is 36.6. The fourth-order valence-corrected chi connectivity index (χ4v) is 3.17. The number of rotatable bonds is 10. The van der Waals surface area contributed by atoms with Crippen molar-refractivity contribution in [3.05, 3.63) is 53.6 Å². The van der Waals surface area contributed by atoms with Gasteiger partial charge in [-0.2, -0.15) is 0 Å². The van der Waals surface area contributed by atoms with Crippen molar-refractivity contribution < 1.29 is 22.7 Å². The molecule has 0 aromatic heterocycles.